The van der Waals surface area contributed by atoms with Gasteiger partial charge in [0.15, 0.2) is 0 Å². The van der Waals surface area contributed by atoms with Gasteiger partial charge >= 0.3 is 5.97 Å². The largest absolute Gasteiger partial charge is 0.508 e. The van der Waals surface area contributed by atoms with E-state index >= 15 is 0 Å². The Morgan fingerprint density at radius 1 is 1.37 bits per heavy atom. The number of aliphatic carboxylic acids is 1. The number of phenols is 1. The van der Waals surface area contributed by atoms with Crippen LogP contribution in [0.2, 0.25) is 0 Å². The van der Waals surface area contributed by atoms with Crippen molar-refractivity contribution < 1.29 is 29.3 Å². The first-order chi connectivity index (χ1) is 8.90. The first kappa shape index (κ1) is 13.3. The molecule has 1 fully saturated rings. The van der Waals surface area contributed by atoms with Gasteiger partial charge in [-0.15, -0.1) is 0 Å². The smallest absolute Gasteiger partial charge is 0.326 e. The Bertz CT molecular complexity index is 533. The fourth-order valence-corrected chi connectivity index (χ4v) is 2.10. The van der Waals surface area contributed by atoms with Crippen molar-refractivity contribution in [3.05, 3.63) is 29.6 Å². The fourth-order valence-electron chi connectivity index (χ4n) is 2.10. The quantitative estimate of drug-likeness (QED) is 0.712. The second-order valence-electron chi connectivity index (χ2n) is 4.37. The van der Waals surface area contributed by atoms with Gasteiger partial charge in [0, 0.05) is 19.0 Å². The zero-order valence-electron chi connectivity index (χ0n) is 9.78. The molecule has 7 heteroatoms. The zero-order chi connectivity index (χ0) is 14.2. The Labute approximate surface area is 107 Å². The molecule has 19 heavy (non-hydrogen) atoms. The summed E-state index contributed by atoms with van der Waals surface area (Å²) in [6.07, 6.45) is -1.02. The average molecular weight is 269 g/mol. The van der Waals surface area contributed by atoms with Crippen LogP contribution in [0.3, 0.4) is 0 Å². The number of carboxylic acid groups (broad SMARTS) is 1. The highest BCUT2D eigenvalue weighted by atomic mass is 19.1. The van der Waals surface area contributed by atoms with Crippen LogP contribution in [-0.4, -0.2) is 50.8 Å². The Morgan fingerprint density at radius 3 is 2.63 bits per heavy atom. The summed E-state index contributed by atoms with van der Waals surface area (Å²) in [5.41, 5.74) is -0.335. The van der Waals surface area contributed by atoms with Crippen molar-refractivity contribution in [1.82, 2.24) is 4.90 Å². The van der Waals surface area contributed by atoms with Gasteiger partial charge in [0.2, 0.25) is 0 Å². The summed E-state index contributed by atoms with van der Waals surface area (Å²) < 4.78 is 13.6. The van der Waals surface area contributed by atoms with Crippen molar-refractivity contribution >= 4 is 11.9 Å². The van der Waals surface area contributed by atoms with Gasteiger partial charge in [-0.1, -0.05) is 0 Å². The number of aliphatic hydroxyl groups is 1. The molecule has 0 bridgehead atoms. The van der Waals surface area contributed by atoms with Crippen molar-refractivity contribution in [2.24, 2.45) is 0 Å². The maximum absolute atomic E-state index is 13.6. The number of aromatic hydroxyl groups is 1. The van der Waals surface area contributed by atoms with Gasteiger partial charge in [-0.2, -0.15) is 0 Å². The molecule has 2 rings (SSSR count). The lowest BCUT2D eigenvalue weighted by Gasteiger charge is -2.21. The highest BCUT2D eigenvalue weighted by Crippen LogP contribution is 2.23. The number of carbonyl (C=O) groups is 2. The number of likely N-dealkylation sites (tertiary alicyclic amines) is 1. The number of aliphatic hydroxyl groups excluding tert-OH is 1. The molecule has 0 unspecified atom stereocenters. The number of carboxylic acids is 1. The number of halogens is 1. The standard InChI is InChI=1S/C12H12FNO5/c13-9-3-6(15)1-2-8(9)11(17)14-5-7(16)4-10(14)12(18)19/h1-3,7,10,15-16H,4-5H2,(H,18,19)/t7-,10-/m1/s1. The summed E-state index contributed by atoms with van der Waals surface area (Å²) in [6, 6.07) is 1.82. The summed E-state index contributed by atoms with van der Waals surface area (Å²) in [4.78, 5) is 24.0. The van der Waals surface area contributed by atoms with Crippen LogP contribution in [0, 0.1) is 5.82 Å². The van der Waals surface area contributed by atoms with E-state index in [0.29, 0.717) is 0 Å². The molecule has 0 saturated carbocycles. The van der Waals surface area contributed by atoms with Crippen LogP contribution in [-0.2, 0) is 4.79 Å². The summed E-state index contributed by atoms with van der Waals surface area (Å²) >= 11 is 0. The number of phenolic OH excluding ortho intramolecular Hbond substituents is 1. The van der Waals surface area contributed by atoms with E-state index in [1.165, 1.54) is 0 Å². The Balaban J connectivity index is 2.30. The van der Waals surface area contributed by atoms with E-state index < -0.39 is 29.8 Å². The summed E-state index contributed by atoms with van der Waals surface area (Å²) in [6.45, 7) is -0.157. The van der Waals surface area contributed by atoms with Crippen LogP contribution in [0.1, 0.15) is 16.8 Å². The van der Waals surface area contributed by atoms with Gasteiger partial charge in [0.1, 0.15) is 17.6 Å². The third-order valence-corrected chi connectivity index (χ3v) is 3.01. The Kier molecular flexibility index (Phi) is 3.39. The molecule has 3 N–H and O–H groups in total. The topological polar surface area (TPSA) is 98.1 Å². The predicted molar refractivity (Wildman–Crippen MR) is 61.1 cm³/mol. The summed E-state index contributed by atoms with van der Waals surface area (Å²) in [5.74, 6) is -3.33. The number of hydrogen-bond acceptors (Lipinski definition) is 4. The fraction of sp³-hybridized carbons (Fsp3) is 0.333. The van der Waals surface area contributed by atoms with Crippen LogP contribution < -0.4 is 0 Å². The summed E-state index contributed by atoms with van der Waals surface area (Å²) in [7, 11) is 0. The molecular weight excluding hydrogens is 257 g/mol. The van der Waals surface area contributed by atoms with E-state index in [-0.39, 0.29) is 24.3 Å². The maximum Gasteiger partial charge on any atom is 0.326 e. The summed E-state index contributed by atoms with van der Waals surface area (Å²) in [5, 5.41) is 27.5. The van der Waals surface area contributed by atoms with Gasteiger partial charge in [-0.25, -0.2) is 9.18 Å². The first-order valence-corrected chi connectivity index (χ1v) is 5.60. The van der Waals surface area contributed by atoms with E-state index in [9.17, 15) is 19.1 Å². The molecule has 1 amide bonds. The van der Waals surface area contributed by atoms with Crippen molar-refractivity contribution in [2.45, 2.75) is 18.6 Å². The number of β-amino-alcohol motifs (C(OH)–C–C–N with tert-alkyl or cyclic N) is 1. The SMILES string of the molecule is O=C(O)[C@H]1C[C@@H](O)CN1C(=O)c1ccc(O)cc1F. The lowest BCUT2D eigenvalue weighted by atomic mass is 10.1. The monoisotopic (exact) mass is 269 g/mol. The van der Waals surface area contributed by atoms with Crippen LogP contribution in [0.25, 0.3) is 0 Å². The predicted octanol–water partition coefficient (Wildman–Crippen LogP) is 0.191. The Hall–Kier alpha value is -2.15. The molecule has 0 radical (unpaired) electrons. The molecule has 1 aromatic carbocycles. The molecule has 102 valence electrons. The van der Waals surface area contributed by atoms with Gasteiger partial charge in [-0.05, 0) is 12.1 Å². The van der Waals surface area contributed by atoms with E-state index in [2.05, 4.69) is 0 Å². The minimum atomic E-state index is -1.25. The van der Waals surface area contributed by atoms with Gasteiger partial charge in [-0.3, -0.25) is 4.79 Å². The molecule has 1 aromatic rings. The van der Waals surface area contributed by atoms with Crippen molar-refractivity contribution in [1.29, 1.82) is 0 Å². The number of rotatable bonds is 2. The van der Waals surface area contributed by atoms with Gasteiger partial charge in [0.05, 0.1) is 11.7 Å². The third kappa shape index (κ3) is 2.50. The Morgan fingerprint density at radius 2 is 2.05 bits per heavy atom. The zero-order valence-corrected chi connectivity index (χ0v) is 9.78. The highest BCUT2D eigenvalue weighted by Gasteiger charge is 2.39. The molecular formula is C12H12FNO5. The van der Waals surface area contributed by atoms with Crippen LogP contribution in [0.5, 0.6) is 5.75 Å². The maximum atomic E-state index is 13.6. The normalized spacial score (nSPS) is 22.5. The van der Waals surface area contributed by atoms with Gasteiger partial charge < -0.3 is 20.2 Å². The minimum Gasteiger partial charge on any atom is -0.508 e. The molecule has 2 atom stereocenters. The molecule has 0 aromatic heterocycles. The lowest BCUT2D eigenvalue weighted by Crippen LogP contribution is -2.40. The average Bonchev–Trinajstić information content (AvgIpc) is 2.70. The van der Waals surface area contributed by atoms with Gasteiger partial charge in [0.25, 0.3) is 5.91 Å². The molecule has 1 saturated heterocycles. The van der Waals surface area contributed by atoms with Crippen LogP contribution in [0.15, 0.2) is 18.2 Å². The van der Waals surface area contributed by atoms with E-state index in [1.807, 2.05) is 0 Å². The van der Waals surface area contributed by atoms with Crippen molar-refractivity contribution in [3.63, 3.8) is 0 Å². The molecule has 1 aliphatic rings. The first-order valence-electron chi connectivity index (χ1n) is 5.60. The number of amides is 1. The molecule has 0 spiro atoms. The molecule has 1 heterocycles. The molecule has 6 nitrogen and oxygen atoms in total. The number of carbonyl (C=O) groups excluding carboxylic acids is 1. The molecule has 0 aliphatic carbocycles. The minimum absolute atomic E-state index is 0.0826. The number of nitrogens with zero attached hydrogens (tertiary/aromatic N) is 1. The van der Waals surface area contributed by atoms with E-state index in [1.54, 1.807) is 0 Å². The molecule has 1 aliphatic heterocycles. The lowest BCUT2D eigenvalue weighted by molar-refractivity contribution is -0.141. The third-order valence-electron chi connectivity index (χ3n) is 3.01. The second-order valence-corrected chi connectivity index (χ2v) is 4.37. The second kappa shape index (κ2) is 4.85. The van der Waals surface area contributed by atoms with E-state index in [0.717, 1.165) is 23.1 Å². The van der Waals surface area contributed by atoms with E-state index in [4.69, 9.17) is 10.2 Å². The van der Waals surface area contributed by atoms with Crippen molar-refractivity contribution in [2.75, 3.05) is 6.54 Å². The van der Waals surface area contributed by atoms with Crippen LogP contribution >= 0.6 is 0 Å². The number of hydrogen-bond donors (Lipinski definition) is 3. The van der Waals surface area contributed by atoms with Crippen LogP contribution in [0.4, 0.5) is 4.39 Å². The number of benzene rings is 1. The highest BCUT2D eigenvalue weighted by molar-refractivity contribution is 5.97. The van der Waals surface area contributed by atoms with Crippen molar-refractivity contribution in [3.8, 4) is 5.75 Å².